The molecule has 21 heavy (non-hydrogen) atoms. The molecule has 1 aliphatic rings. The van der Waals surface area contributed by atoms with E-state index in [0.29, 0.717) is 12.1 Å². The minimum atomic E-state index is 0.396. The summed E-state index contributed by atoms with van der Waals surface area (Å²) in [6.07, 6.45) is 4.36. The van der Waals surface area contributed by atoms with Crippen molar-refractivity contribution in [3.63, 3.8) is 0 Å². The van der Waals surface area contributed by atoms with Gasteiger partial charge in [-0.25, -0.2) is 4.98 Å². The second-order valence-electron chi connectivity index (χ2n) is 5.64. The molecule has 0 spiro atoms. The summed E-state index contributed by atoms with van der Waals surface area (Å²) >= 11 is 3.73. The third-order valence-electron chi connectivity index (χ3n) is 4.16. The molecule has 0 amide bonds. The van der Waals surface area contributed by atoms with E-state index in [4.69, 9.17) is 0 Å². The molecular weight excluding hydrogens is 298 g/mol. The van der Waals surface area contributed by atoms with E-state index < -0.39 is 0 Å². The van der Waals surface area contributed by atoms with Crippen LogP contribution in [0.1, 0.15) is 54.6 Å². The average molecular weight is 322 g/mol. The van der Waals surface area contributed by atoms with E-state index in [1.807, 2.05) is 28.9 Å². The van der Waals surface area contributed by atoms with Crippen LogP contribution in [0.15, 0.2) is 17.6 Å². The second-order valence-corrected chi connectivity index (χ2v) is 7.68. The first-order valence-corrected chi connectivity index (χ1v) is 9.42. The molecule has 2 aromatic heterocycles. The number of aromatic nitrogens is 1. The maximum atomic E-state index is 4.68. The van der Waals surface area contributed by atoms with Crippen LogP contribution in [0.25, 0.3) is 0 Å². The van der Waals surface area contributed by atoms with Crippen LogP contribution in [-0.4, -0.2) is 18.1 Å². The Kier molecular flexibility index (Phi) is 4.62. The van der Waals surface area contributed by atoms with Crippen LogP contribution in [-0.2, 0) is 6.42 Å². The van der Waals surface area contributed by atoms with Crippen LogP contribution < -0.4 is 10.2 Å². The summed E-state index contributed by atoms with van der Waals surface area (Å²) in [4.78, 5) is 10.0. The Balaban J connectivity index is 1.75. The first-order chi connectivity index (χ1) is 10.2. The number of thiazole rings is 1. The van der Waals surface area contributed by atoms with Crippen LogP contribution in [0.5, 0.6) is 0 Å². The van der Waals surface area contributed by atoms with E-state index in [1.54, 1.807) is 4.88 Å². The zero-order chi connectivity index (χ0) is 14.8. The fourth-order valence-corrected chi connectivity index (χ4v) is 4.85. The van der Waals surface area contributed by atoms with Gasteiger partial charge in [-0.3, -0.25) is 0 Å². The van der Waals surface area contributed by atoms with Crippen molar-refractivity contribution in [2.75, 3.05) is 18.0 Å². The zero-order valence-corrected chi connectivity index (χ0v) is 14.6. The van der Waals surface area contributed by atoms with Crippen LogP contribution in [0.3, 0.4) is 0 Å². The van der Waals surface area contributed by atoms with E-state index in [0.717, 1.165) is 19.5 Å². The van der Waals surface area contributed by atoms with Crippen molar-refractivity contribution in [1.82, 2.24) is 10.3 Å². The van der Waals surface area contributed by atoms with Gasteiger partial charge in [0.25, 0.3) is 0 Å². The van der Waals surface area contributed by atoms with Gasteiger partial charge in [0, 0.05) is 28.5 Å². The average Bonchev–Trinajstić information content (AvgIpc) is 3.14. The molecule has 0 fully saturated rings. The summed E-state index contributed by atoms with van der Waals surface area (Å²) in [6.45, 7) is 8.87. The molecule has 3 heterocycles. The lowest BCUT2D eigenvalue weighted by atomic mass is 10.0. The van der Waals surface area contributed by atoms with E-state index in [2.05, 4.69) is 47.4 Å². The highest BCUT2D eigenvalue weighted by Crippen LogP contribution is 2.38. The summed E-state index contributed by atoms with van der Waals surface area (Å²) in [7, 11) is 0. The molecule has 0 saturated heterocycles. The van der Waals surface area contributed by atoms with Gasteiger partial charge in [-0.05, 0) is 50.2 Å². The summed E-state index contributed by atoms with van der Waals surface area (Å²) in [5.41, 5.74) is 1.49. The molecule has 5 heteroatoms. The van der Waals surface area contributed by atoms with Crippen molar-refractivity contribution in [3.8, 4) is 0 Å². The van der Waals surface area contributed by atoms with E-state index in [1.165, 1.54) is 22.0 Å². The standard InChI is InChI=1S/C16H23N3S2/c1-4-7-17-11(2)15-10-18-16(21-15)19-8-5-14-13(12(19)3)6-9-20-14/h6,9-12,17H,4-5,7-8H2,1-3H3. The number of thiophene rings is 1. The van der Waals surface area contributed by atoms with Crippen molar-refractivity contribution in [2.24, 2.45) is 0 Å². The molecule has 1 N–H and O–H groups in total. The molecule has 0 aliphatic carbocycles. The van der Waals surface area contributed by atoms with Crippen molar-refractivity contribution in [2.45, 2.75) is 45.7 Å². The molecule has 2 unspecified atom stereocenters. The Labute approximate surface area is 135 Å². The lowest BCUT2D eigenvalue weighted by Gasteiger charge is -2.33. The van der Waals surface area contributed by atoms with Crippen molar-refractivity contribution in [3.05, 3.63) is 33.0 Å². The van der Waals surface area contributed by atoms with Gasteiger partial charge in [-0.15, -0.1) is 22.7 Å². The van der Waals surface area contributed by atoms with Gasteiger partial charge in [0.05, 0.1) is 6.04 Å². The molecule has 0 aromatic carbocycles. The smallest absolute Gasteiger partial charge is 0.186 e. The highest BCUT2D eigenvalue weighted by atomic mass is 32.1. The third-order valence-corrected chi connectivity index (χ3v) is 6.38. The Morgan fingerprint density at radius 3 is 3.19 bits per heavy atom. The molecular formula is C16H23N3S2. The molecule has 3 nitrogen and oxygen atoms in total. The maximum Gasteiger partial charge on any atom is 0.186 e. The predicted octanol–water partition coefficient (Wildman–Crippen LogP) is 4.39. The fraction of sp³-hybridized carbons (Fsp3) is 0.562. The van der Waals surface area contributed by atoms with Crippen LogP contribution in [0, 0.1) is 0 Å². The van der Waals surface area contributed by atoms with Gasteiger partial charge < -0.3 is 10.2 Å². The number of rotatable bonds is 5. The zero-order valence-electron chi connectivity index (χ0n) is 12.9. The number of hydrogen-bond donors (Lipinski definition) is 1. The van der Waals surface area contributed by atoms with Crippen LogP contribution >= 0.6 is 22.7 Å². The van der Waals surface area contributed by atoms with Gasteiger partial charge in [0.1, 0.15) is 0 Å². The molecule has 2 aromatic rings. The molecule has 1 aliphatic heterocycles. The van der Waals surface area contributed by atoms with E-state index >= 15 is 0 Å². The normalized spacial score (nSPS) is 19.6. The quantitative estimate of drug-likeness (QED) is 0.885. The molecule has 2 atom stereocenters. The second kappa shape index (κ2) is 6.46. The minimum Gasteiger partial charge on any atom is -0.341 e. The highest BCUT2D eigenvalue weighted by Gasteiger charge is 2.27. The number of nitrogens with zero attached hydrogens (tertiary/aromatic N) is 2. The maximum absolute atomic E-state index is 4.68. The lowest BCUT2D eigenvalue weighted by molar-refractivity contribution is 0.577. The molecule has 0 bridgehead atoms. The summed E-state index contributed by atoms with van der Waals surface area (Å²) in [5, 5.41) is 6.92. The number of anilines is 1. The Morgan fingerprint density at radius 2 is 2.38 bits per heavy atom. The van der Waals surface area contributed by atoms with Crippen LogP contribution in [0.4, 0.5) is 5.13 Å². The number of hydrogen-bond acceptors (Lipinski definition) is 5. The summed E-state index contributed by atoms with van der Waals surface area (Å²) < 4.78 is 0. The highest BCUT2D eigenvalue weighted by molar-refractivity contribution is 7.15. The van der Waals surface area contributed by atoms with Crippen LogP contribution in [0.2, 0.25) is 0 Å². The van der Waals surface area contributed by atoms with Crippen molar-refractivity contribution >= 4 is 27.8 Å². The Hall–Kier alpha value is -0.910. The van der Waals surface area contributed by atoms with Gasteiger partial charge in [-0.2, -0.15) is 0 Å². The number of nitrogens with one attached hydrogen (secondary N) is 1. The van der Waals surface area contributed by atoms with Crippen molar-refractivity contribution < 1.29 is 0 Å². The first-order valence-electron chi connectivity index (χ1n) is 7.72. The monoisotopic (exact) mass is 321 g/mol. The van der Waals surface area contributed by atoms with Crippen molar-refractivity contribution in [1.29, 1.82) is 0 Å². The van der Waals surface area contributed by atoms with E-state index in [9.17, 15) is 0 Å². The molecule has 0 saturated carbocycles. The van der Waals surface area contributed by atoms with Gasteiger partial charge in [0.15, 0.2) is 5.13 Å². The minimum absolute atomic E-state index is 0.396. The number of fused-ring (bicyclic) bond motifs is 1. The summed E-state index contributed by atoms with van der Waals surface area (Å²) in [6, 6.07) is 3.11. The summed E-state index contributed by atoms with van der Waals surface area (Å²) in [5.74, 6) is 0. The lowest BCUT2D eigenvalue weighted by Crippen LogP contribution is -2.32. The molecule has 114 valence electrons. The topological polar surface area (TPSA) is 28.2 Å². The van der Waals surface area contributed by atoms with Gasteiger partial charge in [-0.1, -0.05) is 6.92 Å². The first kappa shape index (κ1) is 15.0. The fourth-order valence-electron chi connectivity index (χ4n) is 2.84. The van der Waals surface area contributed by atoms with Gasteiger partial charge in [0.2, 0.25) is 0 Å². The Bertz CT molecular complexity index is 590. The molecule has 3 rings (SSSR count). The van der Waals surface area contributed by atoms with E-state index in [-0.39, 0.29) is 0 Å². The largest absolute Gasteiger partial charge is 0.341 e. The van der Waals surface area contributed by atoms with Gasteiger partial charge >= 0.3 is 0 Å². The molecule has 0 radical (unpaired) electrons. The SMILES string of the molecule is CCCNC(C)c1cnc(N2CCc3sccc3C2C)s1. The third kappa shape index (κ3) is 3.00. The predicted molar refractivity (Wildman–Crippen MR) is 92.6 cm³/mol. The Morgan fingerprint density at radius 1 is 1.52 bits per heavy atom.